The number of aromatic nitrogens is 2. The van der Waals surface area contributed by atoms with Gasteiger partial charge >= 0.3 is 0 Å². The molecule has 1 aliphatic rings. The lowest BCUT2D eigenvalue weighted by molar-refractivity contribution is 0.175. The molecule has 1 N–H and O–H groups in total. The summed E-state index contributed by atoms with van der Waals surface area (Å²) in [7, 11) is 1.87. The highest BCUT2D eigenvalue weighted by molar-refractivity contribution is 5.78. The predicted octanol–water partition coefficient (Wildman–Crippen LogP) is 2.77. The van der Waals surface area contributed by atoms with Crippen molar-refractivity contribution >= 4 is 10.9 Å². The predicted molar refractivity (Wildman–Crippen MR) is 103 cm³/mol. The Morgan fingerprint density at radius 2 is 2.20 bits per heavy atom. The molecule has 0 spiro atoms. The van der Waals surface area contributed by atoms with Crippen molar-refractivity contribution in [1.82, 2.24) is 19.8 Å². The molecule has 0 radical (unpaired) electrons. The topological polar surface area (TPSA) is 50.2 Å². The van der Waals surface area contributed by atoms with Crippen LogP contribution < -0.4 is 10.9 Å². The largest absolute Gasteiger partial charge is 0.313 e. The minimum Gasteiger partial charge on any atom is -0.313 e. The third kappa shape index (κ3) is 3.77. The fourth-order valence-corrected chi connectivity index (χ4v) is 3.87. The van der Waals surface area contributed by atoms with Crippen LogP contribution >= 0.6 is 0 Å². The molecule has 5 nitrogen and oxygen atoms in total. The van der Waals surface area contributed by atoms with Gasteiger partial charge in [0, 0.05) is 26.2 Å². The standard InChI is InChI=1S/C20H30N4O/c1-5-7-18(24-11-6-10-21-15(3)13-24)19-22-17-9-8-14(2)12-16(17)20(25)23(19)4/h8-9,12,15,18,21H,5-7,10-11,13H2,1-4H3/t15-,18-/m0/s1. The van der Waals surface area contributed by atoms with Gasteiger partial charge in [0.2, 0.25) is 0 Å². The van der Waals surface area contributed by atoms with Crippen LogP contribution in [0.1, 0.15) is 50.5 Å². The van der Waals surface area contributed by atoms with Crippen molar-refractivity contribution in [1.29, 1.82) is 0 Å². The first-order valence-electron chi connectivity index (χ1n) is 9.46. The van der Waals surface area contributed by atoms with E-state index in [-0.39, 0.29) is 11.6 Å². The van der Waals surface area contributed by atoms with Crippen LogP contribution in [-0.2, 0) is 7.05 Å². The van der Waals surface area contributed by atoms with E-state index in [1.807, 2.05) is 32.2 Å². The fourth-order valence-electron chi connectivity index (χ4n) is 3.87. The lowest BCUT2D eigenvalue weighted by Gasteiger charge is -2.32. The van der Waals surface area contributed by atoms with Crippen molar-refractivity contribution in [3.8, 4) is 0 Å². The summed E-state index contributed by atoms with van der Waals surface area (Å²) < 4.78 is 1.77. The Balaban J connectivity index is 2.08. The minimum absolute atomic E-state index is 0.0609. The highest BCUT2D eigenvalue weighted by atomic mass is 16.1. The number of aryl methyl sites for hydroxylation is 1. The van der Waals surface area contributed by atoms with Crippen LogP contribution in [-0.4, -0.2) is 40.1 Å². The molecule has 1 aromatic carbocycles. The number of hydrogen-bond acceptors (Lipinski definition) is 4. The maximum absolute atomic E-state index is 12.9. The Hall–Kier alpha value is -1.72. The lowest BCUT2D eigenvalue weighted by Crippen LogP contribution is -2.39. The molecular weight excluding hydrogens is 312 g/mol. The van der Waals surface area contributed by atoms with E-state index in [1.165, 1.54) is 0 Å². The van der Waals surface area contributed by atoms with Gasteiger partial charge in [0.05, 0.1) is 16.9 Å². The van der Waals surface area contributed by atoms with Crippen molar-refractivity contribution in [3.63, 3.8) is 0 Å². The van der Waals surface area contributed by atoms with Crippen molar-refractivity contribution in [2.24, 2.45) is 7.05 Å². The van der Waals surface area contributed by atoms with E-state index in [0.717, 1.165) is 55.8 Å². The molecule has 0 saturated carbocycles. The van der Waals surface area contributed by atoms with E-state index in [9.17, 15) is 4.79 Å². The van der Waals surface area contributed by atoms with E-state index in [4.69, 9.17) is 4.98 Å². The van der Waals surface area contributed by atoms with Crippen LogP contribution in [0.2, 0.25) is 0 Å². The van der Waals surface area contributed by atoms with Crippen LogP contribution in [0.5, 0.6) is 0 Å². The summed E-state index contributed by atoms with van der Waals surface area (Å²) in [5.41, 5.74) is 1.97. The van der Waals surface area contributed by atoms with Crippen LogP contribution in [0.3, 0.4) is 0 Å². The number of rotatable bonds is 4. The van der Waals surface area contributed by atoms with Crippen molar-refractivity contribution < 1.29 is 0 Å². The number of nitrogens with zero attached hydrogens (tertiary/aromatic N) is 3. The summed E-state index contributed by atoms with van der Waals surface area (Å²) in [5.74, 6) is 0.900. The van der Waals surface area contributed by atoms with Gasteiger partial charge in [0.15, 0.2) is 0 Å². The highest BCUT2D eigenvalue weighted by Gasteiger charge is 2.26. The van der Waals surface area contributed by atoms with Gasteiger partial charge in [-0.05, 0) is 45.4 Å². The van der Waals surface area contributed by atoms with E-state index in [2.05, 4.69) is 24.1 Å². The Labute approximate surface area is 150 Å². The molecule has 1 saturated heterocycles. The van der Waals surface area contributed by atoms with Crippen LogP contribution in [0.4, 0.5) is 0 Å². The number of hydrogen-bond donors (Lipinski definition) is 1. The molecular formula is C20H30N4O. The quantitative estimate of drug-likeness (QED) is 0.928. The summed E-state index contributed by atoms with van der Waals surface area (Å²) >= 11 is 0. The molecule has 1 fully saturated rings. The zero-order valence-corrected chi connectivity index (χ0v) is 15.9. The first-order chi connectivity index (χ1) is 12.0. The van der Waals surface area contributed by atoms with E-state index >= 15 is 0 Å². The second-order valence-electron chi connectivity index (χ2n) is 7.36. The van der Waals surface area contributed by atoms with Gasteiger partial charge in [-0.1, -0.05) is 25.0 Å². The summed E-state index contributed by atoms with van der Waals surface area (Å²) in [6.07, 6.45) is 3.22. The minimum atomic E-state index is 0.0609. The average molecular weight is 342 g/mol. The molecule has 0 aliphatic carbocycles. The zero-order valence-electron chi connectivity index (χ0n) is 15.9. The van der Waals surface area contributed by atoms with Gasteiger partial charge < -0.3 is 5.32 Å². The Kier molecular flexibility index (Phi) is 5.54. The molecule has 0 unspecified atom stereocenters. The Morgan fingerprint density at radius 3 is 2.96 bits per heavy atom. The average Bonchev–Trinajstić information content (AvgIpc) is 2.81. The molecule has 25 heavy (non-hydrogen) atoms. The van der Waals surface area contributed by atoms with E-state index < -0.39 is 0 Å². The highest BCUT2D eigenvalue weighted by Crippen LogP contribution is 2.26. The number of nitrogens with one attached hydrogen (secondary N) is 1. The normalized spacial score (nSPS) is 20.6. The molecule has 0 amide bonds. The lowest BCUT2D eigenvalue weighted by atomic mass is 10.1. The maximum atomic E-state index is 12.9. The summed E-state index contributed by atoms with van der Waals surface area (Å²) in [4.78, 5) is 20.4. The summed E-state index contributed by atoms with van der Waals surface area (Å²) in [5, 5.41) is 4.27. The molecule has 5 heteroatoms. The Morgan fingerprint density at radius 1 is 1.40 bits per heavy atom. The Bertz CT molecular complexity index is 798. The third-order valence-electron chi connectivity index (χ3n) is 5.19. The first-order valence-corrected chi connectivity index (χ1v) is 9.46. The van der Waals surface area contributed by atoms with Crippen molar-refractivity contribution in [2.75, 3.05) is 19.6 Å². The molecule has 2 atom stereocenters. The van der Waals surface area contributed by atoms with Gasteiger partial charge in [-0.3, -0.25) is 14.3 Å². The third-order valence-corrected chi connectivity index (χ3v) is 5.19. The van der Waals surface area contributed by atoms with Crippen LogP contribution in [0.25, 0.3) is 10.9 Å². The van der Waals surface area contributed by atoms with Gasteiger partial charge in [-0.25, -0.2) is 4.98 Å². The molecule has 1 aliphatic heterocycles. The first kappa shape index (κ1) is 18.1. The summed E-state index contributed by atoms with van der Waals surface area (Å²) in [6, 6.07) is 6.61. The van der Waals surface area contributed by atoms with Crippen molar-refractivity contribution in [3.05, 3.63) is 39.9 Å². The molecule has 136 valence electrons. The molecule has 2 heterocycles. The SMILES string of the molecule is CCC[C@@H](c1nc2ccc(C)cc2c(=O)n1C)N1CCCN[C@@H](C)C1. The van der Waals surface area contributed by atoms with E-state index in [1.54, 1.807) is 4.57 Å². The van der Waals surface area contributed by atoms with Crippen molar-refractivity contribution in [2.45, 2.75) is 52.1 Å². The van der Waals surface area contributed by atoms with Crippen LogP contribution in [0, 0.1) is 6.92 Å². The maximum Gasteiger partial charge on any atom is 0.261 e. The zero-order chi connectivity index (χ0) is 18.0. The van der Waals surface area contributed by atoms with Gasteiger partial charge in [-0.2, -0.15) is 0 Å². The van der Waals surface area contributed by atoms with Gasteiger partial charge in [-0.15, -0.1) is 0 Å². The van der Waals surface area contributed by atoms with E-state index in [0.29, 0.717) is 11.4 Å². The van der Waals surface area contributed by atoms with Gasteiger partial charge in [0.1, 0.15) is 5.82 Å². The number of fused-ring (bicyclic) bond motifs is 1. The van der Waals surface area contributed by atoms with Crippen LogP contribution in [0.15, 0.2) is 23.0 Å². The summed E-state index contributed by atoms with van der Waals surface area (Å²) in [6.45, 7) is 9.54. The molecule has 2 aromatic rings. The smallest absolute Gasteiger partial charge is 0.261 e. The number of benzene rings is 1. The molecule has 3 rings (SSSR count). The molecule has 0 bridgehead atoms. The fraction of sp³-hybridized carbons (Fsp3) is 0.600. The second kappa shape index (κ2) is 7.67. The second-order valence-corrected chi connectivity index (χ2v) is 7.36. The monoisotopic (exact) mass is 342 g/mol. The van der Waals surface area contributed by atoms with Gasteiger partial charge in [0.25, 0.3) is 5.56 Å². The molecule has 1 aromatic heterocycles.